The molecule has 6 heteroatoms. The van der Waals surface area contributed by atoms with E-state index >= 15 is 0 Å². The molecule has 0 radical (unpaired) electrons. The van der Waals surface area contributed by atoms with E-state index in [9.17, 15) is 4.79 Å². The number of carbonyl (C=O) groups is 1. The van der Waals surface area contributed by atoms with E-state index in [1.165, 1.54) is 10.4 Å². The minimum atomic E-state index is 0.0657. The van der Waals surface area contributed by atoms with E-state index in [0.717, 1.165) is 5.56 Å². The maximum absolute atomic E-state index is 12.4. The largest absolute Gasteiger partial charge is 0.339 e. The number of rotatable bonds is 6. The molecule has 3 rings (SSSR count). The van der Waals surface area contributed by atoms with Gasteiger partial charge in [-0.25, -0.2) is 0 Å². The van der Waals surface area contributed by atoms with Crippen molar-refractivity contribution in [3.63, 3.8) is 0 Å². The molecule has 5 nitrogen and oxygen atoms in total. The lowest BCUT2D eigenvalue weighted by Gasteiger charge is -2.23. The highest BCUT2D eigenvalue weighted by Crippen LogP contribution is 2.24. The van der Waals surface area contributed by atoms with Gasteiger partial charge in [0.15, 0.2) is 0 Å². The number of aromatic nitrogens is 2. The Bertz CT molecular complexity index is 825. The summed E-state index contributed by atoms with van der Waals surface area (Å²) in [6.07, 6.45) is 0.793. The van der Waals surface area contributed by atoms with Gasteiger partial charge < -0.3 is 9.42 Å². The van der Waals surface area contributed by atoms with Gasteiger partial charge in [0, 0.05) is 30.3 Å². The number of benzene rings is 1. The van der Waals surface area contributed by atoms with E-state index < -0.39 is 0 Å². The normalized spacial score (nSPS) is 12.1. The van der Waals surface area contributed by atoms with Gasteiger partial charge in [0.25, 0.3) is 0 Å². The average molecular weight is 355 g/mol. The number of hydrogen-bond donors (Lipinski definition) is 0. The van der Waals surface area contributed by atoms with Crippen LogP contribution in [0, 0.1) is 6.92 Å². The predicted molar refractivity (Wildman–Crippen MR) is 98.3 cm³/mol. The van der Waals surface area contributed by atoms with Crippen LogP contribution in [0.15, 0.2) is 46.3 Å². The second kappa shape index (κ2) is 7.61. The summed E-state index contributed by atoms with van der Waals surface area (Å²) in [4.78, 5) is 19.7. The van der Waals surface area contributed by atoms with Crippen molar-refractivity contribution >= 4 is 17.2 Å². The fraction of sp³-hybridized carbons (Fsp3) is 0.316. The van der Waals surface area contributed by atoms with Crippen LogP contribution in [-0.4, -0.2) is 28.0 Å². The zero-order valence-electron chi connectivity index (χ0n) is 14.6. The predicted octanol–water partition coefficient (Wildman–Crippen LogP) is 4.26. The highest BCUT2D eigenvalue weighted by molar-refractivity contribution is 7.10. The van der Waals surface area contributed by atoms with Crippen LogP contribution in [0.4, 0.5) is 0 Å². The first kappa shape index (κ1) is 17.4. The van der Waals surface area contributed by atoms with Crippen LogP contribution in [-0.2, 0) is 11.2 Å². The van der Waals surface area contributed by atoms with Crippen LogP contribution in [0.1, 0.15) is 35.7 Å². The quantitative estimate of drug-likeness (QED) is 0.663. The number of aryl methyl sites for hydroxylation is 2. The lowest BCUT2D eigenvalue weighted by atomic mass is 10.1. The first-order valence-corrected chi connectivity index (χ1v) is 9.11. The number of amides is 1. The molecule has 2 heterocycles. The van der Waals surface area contributed by atoms with Crippen molar-refractivity contribution < 1.29 is 9.32 Å². The summed E-state index contributed by atoms with van der Waals surface area (Å²) in [5, 5.41) is 6.03. The molecule has 1 aromatic carbocycles. The lowest BCUT2D eigenvalue weighted by molar-refractivity contribution is -0.131. The molecule has 3 aromatic rings. The fourth-order valence-corrected chi connectivity index (χ4v) is 3.33. The van der Waals surface area contributed by atoms with Gasteiger partial charge in [0.2, 0.25) is 17.6 Å². The molecule has 0 spiro atoms. The number of thiophene rings is 1. The van der Waals surface area contributed by atoms with Crippen molar-refractivity contribution in [2.24, 2.45) is 0 Å². The molecule has 2 aromatic heterocycles. The third kappa shape index (κ3) is 4.14. The van der Waals surface area contributed by atoms with Crippen LogP contribution in [0.3, 0.4) is 0 Å². The van der Waals surface area contributed by atoms with Crippen molar-refractivity contribution in [1.82, 2.24) is 15.0 Å². The maximum Gasteiger partial charge on any atom is 0.227 e. The monoisotopic (exact) mass is 355 g/mol. The molecule has 0 saturated heterocycles. The molecular formula is C19H21N3O2S. The topological polar surface area (TPSA) is 59.2 Å². The smallest absolute Gasteiger partial charge is 0.227 e. The van der Waals surface area contributed by atoms with E-state index in [1.807, 2.05) is 62.7 Å². The molecular weight excluding hydrogens is 334 g/mol. The Hall–Kier alpha value is -2.47. The molecule has 0 saturated carbocycles. The Labute approximate surface area is 151 Å². The van der Waals surface area contributed by atoms with Gasteiger partial charge in [-0.05, 0) is 25.3 Å². The third-order valence-corrected chi connectivity index (χ3v) is 5.30. The highest BCUT2D eigenvalue weighted by atomic mass is 32.1. The average Bonchev–Trinajstić information content (AvgIpc) is 3.31. The summed E-state index contributed by atoms with van der Waals surface area (Å²) in [7, 11) is 1.83. The Morgan fingerprint density at radius 2 is 2.04 bits per heavy atom. The summed E-state index contributed by atoms with van der Waals surface area (Å²) < 4.78 is 5.28. The van der Waals surface area contributed by atoms with Crippen molar-refractivity contribution in [2.45, 2.75) is 32.7 Å². The second-order valence-electron chi connectivity index (χ2n) is 6.07. The maximum atomic E-state index is 12.4. The molecule has 0 bridgehead atoms. The number of nitrogens with zero attached hydrogens (tertiary/aromatic N) is 3. The van der Waals surface area contributed by atoms with Crippen LogP contribution < -0.4 is 0 Å². The second-order valence-corrected chi connectivity index (χ2v) is 7.05. The third-order valence-electron chi connectivity index (χ3n) is 4.26. The SMILES string of the molecule is Cc1ccc(-c2noc(CCC(=O)N(C)C(C)c3cccs3)n2)cc1. The standard InChI is InChI=1S/C19H21N3O2S/c1-13-6-8-15(9-7-13)19-20-17(24-21-19)10-11-18(23)22(3)14(2)16-5-4-12-25-16/h4-9,12,14H,10-11H2,1-3H3. The molecule has 130 valence electrons. The van der Waals surface area contributed by atoms with Crippen molar-refractivity contribution in [3.05, 3.63) is 58.1 Å². The van der Waals surface area contributed by atoms with Crippen LogP contribution in [0.5, 0.6) is 0 Å². The number of hydrogen-bond acceptors (Lipinski definition) is 5. The van der Waals surface area contributed by atoms with Crippen molar-refractivity contribution in [3.8, 4) is 11.4 Å². The Morgan fingerprint density at radius 3 is 2.72 bits per heavy atom. The summed E-state index contributed by atoms with van der Waals surface area (Å²) in [5.74, 6) is 1.11. The van der Waals surface area contributed by atoms with E-state index in [1.54, 1.807) is 16.2 Å². The van der Waals surface area contributed by atoms with E-state index in [0.29, 0.717) is 24.6 Å². The lowest BCUT2D eigenvalue weighted by Crippen LogP contribution is -2.29. The zero-order chi connectivity index (χ0) is 17.8. The summed E-state index contributed by atoms with van der Waals surface area (Å²) >= 11 is 1.66. The molecule has 1 amide bonds. The molecule has 1 atom stereocenters. The minimum absolute atomic E-state index is 0.0657. The summed E-state index contributed by atoms with van der Waals surface area (Å²) in [6, 6.07) is 12.1. The van der Waals surface area contributed by atoms with Gasteiger partial charge in [-0.1, -0.05) is 41.1 Å². The first-order chi connectivity index (χ1) is 12.0. The Kier molecular flexibility index (Phi) is 5.28. The van der Waals surface area contributed by atoms with E-state index in [-0.39, 0.29) is 11.9 Å². The van der Waals surface area contributed by atoms with Crippen LogP contribution in [0.2, 0.25) is 0 Å². The minimum Gasteiger partial charge on any atom is -0.339 e. The first-order valence-electron chi connectivity index (χ1n) is 8.23. The van der Waals surface area contributed by atoms with Crippen LogP contribution >= 0.6 is 11.3 Å². The Balaban J connectivity index is 1.58. The van der Waals surface area contributed by atoms with Gasteiger partial charge in [-0.2, -0.15) is 4.98 Å². The summed E-state index contributed by atoms with van der Waals surface area (Å²) in [5.41, 5.74) is 2.09. The van der Waals surface area contributed by atoms with Crippen LogP contribution in [0.25, 0.3) is 11.4 Å². The van der Waals surface area contributed by atoms with Gasteiger partial charge in [-0.3, -0.25) is 4.79 Å². The van der Waals surface area contributed by atoms with Gasteiger partial charge in [0.05, 0.1) is 6.04 Å². The van der Waals surface area contributed by atoms with Crippen molar-refractivity contribution in [2.75, 3.05) is 7.05 Å². The molecule has 0 aliphatic carbocycles. The van der Waals surface area contributed by atoms with E-state index in [2.05, 4.69) is 10.1 Å². The fourth-order valence-electron chi connectivity index (χ4n) is 2.50. The number of carbonyl (C=O) groups excluding carboxylic acids is 1. The molecule has 0 N–H and O–H groups in total. The van der Waals surface area contributed by atoms with Gasteiger partial charge >= 0.3 is 0 Å². The molecule has 0 fully saturated rings. The Morgan fingerprint density at radius 1 is 1.28 bits per heavy atom. The molecule has 0 aliphatic rings. The molecule has 1 unspecified atom stereocenters. The summed E-state index contributed by atoms with van der Waals surface area (Å²) in [6.45, 7) is 4.07. The highest BCUT2D eigenvalue weighted by Gasteiger charge is 2.19. The molecule has 25 heavy (non-hydrogen) atoms. The van der Waals surface area contributed by atoms with Gasteiger partial charge in [0.1, 0.15) is 0 Å². The molecule has 0 aliphatic heterocycles. The zero-order valence-corrected chi connectivity index (χ0v) is 15.4. The van der Waals surface area contributed by atoms with E-state index in [4.69, 9.17) is 4.52 Å². The van der Waals surface area contributed by atoms with Gasteiger partial charge in [-0.15, -0.1) is 11.3 Å². The van der Waals surface area contributed by atoms with Crippen molar-refractivity contribution in [1.29, 1.82) is 0 Å².